The highest BCUT2D eigenvalue weighted by Crippen LogP contribution is 2.37. The predicted octanol–water partition coefficient (Wildman–Crippen LogP) is 5.67. The molecule has 0 spiro atoms. The Labute approximate surface area is 201 Å². The molecule has 0 fully saturated rings. The Morgan fingerprint density at radius 2 is 1.81 bits per heavy atom. The lowest BCUT2D eigenvalue weighted by atomic mass is 9.80. The van der Waals surface area contributed by atoms with Crippen molar-refractivity contribution >= 4 is 51.4 Å². The number of rotatable bonds is 5. The van der Waals surface area contributed by atoms with Crippen molar-refractivity contribution in [3.05, 3.63) is 78.5 Å². The van der Waals surface area contributed by atoms with E-state index in [2.05, 4.69) is 4.90 Å². The fourth-order valence-electron chi connectivity index (χ4n) is 4.32. The first kappa shape index (κ1) is 23.1. The molecule has 1 aromatic heterocycles. The van der Waals surface area contributed by atoms with E-state index in [1.54, 1.807) is 30.3 Å². The lowest BCUT2D eigenvalue weighted by Gasteiger charge is -2.28. The molecule has 0 amide bonds. The largest absolute Gasteiger partial charge is 0.428 e. The smallest absolute Gasteiger partial charge is 0.199 e. The van der Waals surface area contributed by atoms with Crippen LogP contribution in [0.2, 0.25) is 15.1 Å². The number of aromatic nitrogens is 1. The lowest BCUT2D eigenvalue weighted by molar-refractivity contribution is 0.186. The summed E-state index contributed by atoms with van der Waals surface area (Å²) in [4.78, 5) is 20.4. The minimum Gasteiger partial charge on any atom is -0.428 e. The molecule has 0 radical (unpaired) electrons. The predicted molar refractivity (Wildman–Crippen MR) is 133 cm³/mol. The zero-order valence-corrected chi connectivity index (χ0v) is 20.2. The minimum absolute atomic E-state index is 0.0394. The van der Waals surface area contributed by atoms with Gasteiger partial charge in [0.25, 0.3) is 0 Å². The first-order valence-electron chi connectivity index (χ1n) is 10.5. The number of aliphatic imine (C=N–C) groups is 1. The van der Waals surface area contributed by atoms with Crippen molar-refractivity contribution in [1.82, 2.24) is 9.63 Å². The van der Waals surface area contributed by atoms with Crippen LogP contribution in [0.5, 0.6) is 0 Å². The molecule has 0 bridgehead atoms. The summed E-state index contributed by atoms with van der Waals surface area (Å²) in [6.45, 7) is 1.49. The Kier molecular flexibility index (Phi) is 6.82. The normalized spacial score (nSPS) is 17.3. The van der Waals surface area contributed by atoms with Crippen molar-refractivity contribution in [2.75, 3.05) is 27.2 Å². The Balaban J connectivity index is 1.86. The highest BCUT2D eigenvalue weighted by atomic mass is 35.5. The van der Waals surface area contributed by atoms with Crippen LogP contribution in [0.25, 0.3) is 10.9 Å². The summed E-state index contributed by atoms with van der Waals surface area (Å²) in [5, 5.41) is 13.0. The molecule has 1 heterocycles. The van der Waals surface area contributed by atoms with E-state index >= 15 is 0 Å². The molecule has 8 heteroatoms. The Morgan fingerprint density at radius 1 is 1.09 bits per heavy atom. The molecule has 2 aromatic carbocycles. The van der Waals surface area contributed by atoms with Crippen LogP contribution in [-0.2, 0) is 6.42 Å². The number of pyridine rings is 1. The summed E-state index contributed by atoms with van der Waals surface area (Å²) < 4.78 is 1.10. The Hall–Kier alpha value is -2.05. The van der Waals surface area contributed by atoms with Gasteiger partial charge in [-0.1, -0.05) is 40.9 Å². The highest BCUT2D eigenvalue weighted by molar-refractivity contribution is 6.35. The third kappa shape index (κ3) is 4.53. The Morgan fingerprint density at radius 3 is 2.53 bits per heavy atom. The quantitative estimate of drug-likeness (QED) is 0.369. The second-order valence-electron chi connectivity index (χ2n) is 8.38. The lowest BCUT2D eigenvalue weighted by Crippen LogP contribution is -2.31. The van der Waals surface area contributed by atoms with E-state index in [1.165, 1.54) is 0 Å². The first-order valence-corrected chi connectivity index (χ1v) is 11.6. The number of hydrogen-bond acceptors (Lipinski definition) is 4. The molecular formula is C24H24Cl3N3O2. The fourth-order valence-corrected chi connectivity index (χ4v) is 5.05. The monoisotopic (exact) mass is 491 g/mol. The molecule has 5 nitrogen and oxygen atoms in total. The van der Waals surface area contributed by atoms with Gasteiger partial charge in [0.05, 0.1) is 22.2 Å². The van der Waals surface area contributed by atoms with Gasteiger partial charge in [-0.2, -0.15) is 4.73 Å². The molecule has 1 unspecified atom stereocenters. The van der Waals surface area contributed by atoms with Crippen molar-refractivity contribution in [3.8, 4) is 0 Å². The molecule has 1 aliphatic carbocycles. The average Bonchev–Trinajstić information content (AvgIpc) is 2.74. The number of nitrogens with zero attached hydrogens (tertiary/aromatic N) is 3. The van der Waals surface area contributed by atoms with Gasteiger partial charge in [0.15, 0.2) is 5.43 Å². The van der Waals surface area contributed by atoms with Crippen LogP contribution in [0.4, 0.5) is 0 Å². The van der Waals surface area contributed by atoms with Crippen LogP contribution in [-0.4, -0.2) is 47.7 Å². The summed E-state index contributed by atoms with van der Waals surface area (Å²) >= 11 is 18.7. The van der Waals surface area contributed by atoms with E-state index in [9.17, 15) is 10.0 Å². The number of fused-ring (bicyclic) bond motifs is 2. The number of hydrogen-bond donors (Lipinski definition) is 1. The SMILES string of the molecule is CN(C)CCC/N=C1/CC(c2ccc(Cl)cc2Cl)Cc2c1c(=O)c1cc(Cl)ccc1n2O. The van der Waals surface area contributed by atoms with Gasteiger partial charge in [-0.05, 0) is 81.7 Å². The third-order valence-corrected chi connectivity index (χ3v) is 6.64. The zero-order chi connectivity index (χ0) is 23.0. The van der Waals surface area contributed by atoms with E-state index in [1.807, 2.05) is 20.2 Å². The number of halogens is 3. The summed E-state index contributed by atoms with van der Waals surface area (Å²) in [6, 6.07) is 10.3. The van der Waals surface area contributed by atoms with Gasteiger partial charge in [0.2, 0.25) is 0 Å². The van der Waals surface area contributed by atoms with Crippen molar-refractivity contribution in [1.29, 1.82) is 0 Å². The van der Waals surface area contributed by atoms with E-state index < -0.39 is 0 Å². The molecule has 1 atom stereocenters. The van der Waals surface area contributed by atoms with Gasteiger partial charge in [-0.25, -0.2) is 0 Å². The van der Waals surface area contributed by atoms with Crippen LogP contribution >= 0.6 is 34.8 Å². The van der Waals surface area contributed by atoms with E-state index in [-0.39, 0.29) is 11.3 Å². The summed E-state index contributed by atoms with van der Waals surface area (Å²) in [7, 11) is 4.03. The fraction of sp³-hybridized carbons (Fsp3) is 0.333. The summed E-state index contributed by atoms with van der Waals surface area (Å²) in [5.74, 6) is -0.0394. The highest BCUT2D eigenvalue weighted by Gasteiger charge is 2.31. The first-order chi connectivity index (χ1) is 15.3. The topological polar surface area (TPSA) is 57.8 Å². The molecule has 0 saturated carbocycles. The van der Waals surface area contributed by atoms with Crippen LogP contribution in [0.15, 0.2) is 46.2 Å². The maximum Gasteiger partial charge on any atom is 0.199 e. The van der Waals surface area contributed by atoms with Crippen molar-refractivity contribution in [2.45, 2.75) is 25.2 Å². The number of benzene rings is 2. The van der Waals surface area contributed by atoms with E-state index in [0.29, 0.717) is 62.3 Å². The molecule has 3 aromatic rings. The van der Waals surface area contributed by atoms with Gasteiger partial charge in [-0.15, -0.1) is 0 Å². The van der Waals surface area contributed by atoms with Gasteiger partial charge < -0.3 is 10.1 Å². The van der Waals surface area contributed by atoms with Crippen LogP contribution in [0, 0.1) is 0 Å². The maximum atomic E-state index is 13.5. The van der Waals surface area contributed by atoms with Crippen LogP contribution in [0.3, 0.4) is 0 Å². The second kappa shape index (κ2) is 9.44. The van der Waals surface area contributed by atoms with Gasteiger partial charge >= 0.3 is 0 Å². The second-order valence-corrected chi connectivity index (χ2v) is 9.66. The van der Waals surface area contributed by atoms with Crippen LogP contribution < -0.4 is 5.43 Å². The molecule has 4 rings (SSSR count). The molecule has 1 N–H and O–H groups in total. The molecule has 168 valence electrons. The van der Waals surface area contributed by atoms with Crippen LogP contribution in [0.1, 0.15) is 35.6 Å². The van der Waals surface area contributed by atoms with E-state index in [0.717, 1.165) is 23.3 Å². The third-order valence-electron chi connectivity index (χ3n) is 5.84. The van der Waals surface area contributed by atoms with Gasteiger partial charge in [0, 0.05) is 27.3 Å². The minimum atomic E-state index is -0.158. The summed E-state index contributed by atoms with van der Waals surface area (Å²) in [6.07, 6.45) is 1.88. The van der Waals surface area contributed by atoms with E-state index in [4.69, 9.17) is 39.8 Å². The van der Waals surface area contributed by atoms with Gasteiger partial charge in [0.1, 0.15) is 0 Å². The molecule has 32 heavy (non-hydrogen) atoms. The average molecular weight is 493 g/mol. The molecule has 0 saturated heterocycles. The molecule has 1 aliphatic rings. The Bertz CT molecular complexity index is 1270. The summed E-state index contributed by atoms with van der Waals surface area (Å²) in [5.41, 5.74) is 2.89. The standard InChI is InChI=1S/C24H24Cl3N3O2/c1-29(2)9-3-8-28-20-10-14(17-6-4-16(26)13-19(17)27)11-22-23(20)24(31)18-12-15(25)5-7-21(18)30(22)32/h4-7,12-14,32H,3,8-11H2,1-2H3/b28-20-. The molecule has 0 aliphatic heterocycles. The zero-order valence-electron chi connectivity index (χ0n) is 17.9. The van der Waals surface area contributed by atoms with Gasteiger partial charge in [-0.3, -0.25) is 9.79 Å². The molecular weight excluding hydrogens is 469 g/mol. The van der Waals surface area contributed by atoms with Crippen molar-refractivity contribution in [2.24, 2.45) is 4.99 Å². The van der Waals surface area contributed by atoms with Crippen molar-refractivity contribution < 1.29 is 5.21 Å². The van der Waals surface area contributed by atoms with Crippen molar-refractivity contribution in [3.63, 3.8) is 0 Å². The maximum absolute atomic E-state index is 13.5.